The lowest BCUT2D eigenvalue weighted by Gasteiger charge is -2.19. The Balaban J connectivity index is 2.43. The summed E-state index contributed by atoms with van der Waals surface area (Å²) in [7, 11) is 0. The van der Waals surface area contributed by atoms with E-state index >= 15 is 0 Å². The largest absolute Gasteiger partial charge is 0.397 e. The summed E-state index contributed by atoms with van der Waals surface area (Å²) in [5.74, 6) is 0. The van der Waals surface area contributed by atoms with E-state index in [9.17, 15) is 0 Å². The number of nitrogen functional groups attached to an aromatic ring is 1. The highest BCUT2D eigenvalue weighted by molar-refractivity contribution is 5.34. The zero-order valence-corrected chi connectivity index (χ0v) is 10.2. The third kappa shape index (κ3) is 4.45. The van der Waals surface area contributed by atoms with Gasteiger partial charge in [-0.1, -0.05) is 19.1 Å². The van der Waals surface area contributed by atoms with E-state index in [0.29, 0.717) is 0 Å². The second kappa shape index (κ2) is 6.28. The minimum Gasteiger partial charge on any atom is -0.397 e. The third-order valence-corrected chi connectivity index (χ3v) is 2.47. The Bertz CT molecular complexity index is 330. The number of nitrogens with two attached hydrogens (primary N) is 1. The van der Waals surface area contributed by atoms with Crippen LogP contribution >= 0.6 is 0 Å². The minimum absolute atomic E-state index is 0.720. The third-order valence-electron chi connectivity index (χ3n) is 2.47. The molecular weight excluding hydrogens is 198 g/mol. The van der Waals surface area contributed by atoms with Gasteiger partial charge in [0.05, 0.1) is 11.9 Å². The number of likely N-dealkylation sites (N-methyl/N-ethyl adjacent to an activating group) is 1. The molecule has 1 aromatic heterocycles. The van der Waals surface area contributed by atoms with Gasteiger partial charge in [0, 0.05) is 25.2 Å². The SMILES string of the molecule is C=C(C)CN(CC)CCc1ccc(N)cn1. The van der Waals surface area contributed by atoms with Crippen molar-refractivity contribution in [2.75, 3.05) is 25.4 Å². The maximum Gasteiger partial charge on any atom is 0.0501 e. The molecule has 1 aromatic rings. The molecule has 0 saturated carbocycles. The second-order valence-electron chi connectivity index (χ2n) is 4.16. The molecule has 0 aliphatic heterocycles. The van der Waals surface area contributed by atoms with Crippen molar-refractivity contribution < 1.29 is 0 Å². The first-order valence-corrected chi connectivity index (χ1v) is 5.69. The van der Waals surface area contributed by atoms with E-state index in [-0.39, 0.29) is 0 Å². The summed E-state index contributed by atoms with van der Waals surface area (Å²) < 4.78 is 0. The molecule has 0 fully saturated rings. The summed E-state index contributed by atoms with van der Waals surface area (Å²) in [4.78, 5) is 6.65. The maximum atomic E-state index is 5.59. The van der Waals surface area contributed by atoms with Crippen LogP contribution in [0.2, 0.25) is 0 Å². The molecule has 0 spiro atoms. The van der Waals surface area contributed by atoms with Gasteiger partial charge < -0.3 is 5.73 Å². The van der Waals surface area contributed by atoms with Crippen molar-refractivity contribution in [3.63, 3.8) is 0 Å². The molecule has 0 atom stereocenters. The highest BCUT2D eigenvalue weighted by atomic mass is 15.1. The summed E-state index contributed by atoms with van der Waals surface area (Å²) in [6, 6.07) is 3.89. The van der Waals surface area contributed by atoms with Gasteiger partial charge in [-0.2, -0.15) is 0 Å². The van der Waals surface area contributed by atoms with Crippen molar-refractivity contribution in [1.82, 2.24) is 9.88 Å². The van der Waals surface area contributed by atoms with Crippen molar-refractivity contribution in [2.24, 2.45) is 0 Å². The number of pyridine rings is 1. The standard InChI is InChI=1S/C13H21N3/c1-4-16(10-11(2)3)8-7-13-6-5-12(14)9-15-13/h5-6,9H,2,4,7-8,10,14H2,1,3H3. The average molecular weight is 219 g/mol. The molecule has 0 radical (unpaired) electrons. The lowest BCUT2D eigenvalue weighted by Crippen LogP contribution is -2.27. The Morgan fingerprint density at radius 1 is 1.50 bits per heavy atom. The van der Waals surface area contributed by atoms with Crippen LogP contribution in [-0.2, 0) is 6.42 Å². The van der Waals surface area contributed by atoms with Gasteiger partial charge in [-0.05, 0) is 25.6 Å². The number of aromatic nitrogens is 1. The number of anilines is 1. The van der Waals surface area contributed by atoms with Gasteiger partial charge in [-0.25, -0.2) is 0 Å². The van der Waals surface area contributed by atoms with Gasteiger partial charge in [0.1, 0.15) is 0 Å². The lowest BCUT2D eigenvalue weighted by molar-refractivity contribution is 0.315. The van der Waals surface area contributed by atoms with Gasteiger partial charge >= 0.3 is 0 Å². The predicted octanol–water partition coefficient (Wildman–Crippen LogP) is 2.10. The Labute approximate surface area is 98.0 Å². The van der Waals surface area contributed by atoms with Gasteiger partial charge in [0.15, 0.2) is 0 Å². The van der Waals surface area contributed by atoms with E-state index in [1.807, 2.05) is 12.1 Å². The van der Waals surface area contributed by atoms with E-state index < -0.39 is 0 Å². The van der Waals surface area contributed by atoms with E-state index in [2.05, 4.69) is 30.3 Å². The highest BCUT2D eigenvalue weighted by Crippen LogP contribution is 2.03. The quantitative estimate of drug-likeness (QED) is 0.745. The van der Waals surface area contributed by atoms with Crippen molar-refractivity contribution in [3.8, 4) is 0 Å². The summed E-state index contributed by atoms with van der Waals surface area (Å²) >= 11 is 0. The fourth-order valence-electron chi connectivity index (χ4n) is 1.59. The number of nitrogens with zero attached hydrogens (tertiary/aromatic N) is 2. The molecule has 0 bridgehead atoms. The minimum atomic E-state index is 0.720. The van der Waals surface area contributed by atoms with Crippen LogP contribution in [0, 0.1) is 0 Å². The molecule has 0 saturated heterocycles. The first-order valence-electron chi connectivity index (χ1n) is 5.69. The van der Waals surface area contributed by atoms with Gasteiger partial charge in [0.25, 0.3) is 0 Å². The van der Waals surface area contributed by atoms with Crippen LogP contribution in [0.1, 0.15) is 19.5 Å². The number of rotatable bonds is 6. The summed E-state index contributed by atoms with van der Waals surface area (Å²) in [6.07, 6.45) is 2.67. The summed E-state index contributed by atoms with van der Waals surface area (Å²) in [5.41, 5.74) is 8.60. The van der Waals surface area contributed by atoms with Crippen LogP contribution in [0.15, 0.2) is 30.5 Å². The van der Waals surface area contributed by atoms with Crippen LogP contribution in [0.3, 0.4) is 0 Å². The van der Waals surface area contributed by atoms with Crippen LogP contribution in [0.4, 0.5) is 5.69 Å². The molecule has 88 valence electrons. The summed E-state index contributed by atoms with van der Waals surface area (Å²) in [5, 5.41) is 0. The molecule has 1 rings (SSSR count). The van der Waals surface area contributed by atoms with Crippen LogP contribution < -0.4 is 5.73 Å². The molecule has 0 unspecified atom stereocenters. The fourth-order valence-corrected chi connectivity index (χ4v) is 1.59. The molecule has 0 amide bonds. The van der Waals surface area contributed by atoms with Crippen LogP contribution in [0.25, 0.3) is 0 Å². The molecule has 16 heavy (non-hydrogen) atoms. The molecule has 3 heteroatoms. The van der Waals surface area contributed by atoms with Gasteiger partial charge in [-0.3, -0.25) is 9.88 Å². The number of hydrogen-bond acceptors (Lipinski definition) is 3. The van der Waals surface area contributed by atoms with Crippen LogP contribution in [-0.4, -0.2) is 29.5 Å². The van der Waals surface area contributed by atoms with Crippen LogP contribution in [0.5, 0.6) is 0 Å². The second-order valence-corrected chi connectivity index (χ2v) is 4.16. The van der Waals surface area contributed by atoms with E-state index in [4.69, 9.17) is 5.73 Å². The topological polar surface area (TPSA) is 42.1 Å². The zero-order valence-electron chi connectivity index (χ0n) is 10.2. The van der Waals surface area contributed by atoms with Gasteiger partial charge in [-0.15, -0.1) is 0 Å². The lowest BCUT2D eigenvalue weighted by atomic mass is 10.2. The number of hydrogen-bond donors (Lipinski definition) is 1. The van der Waals surface area contributed by atoms with E-state index in [1.165, 1.54) is 5.57 Å². The fraction of sp³-hybridized carbons (Fsp3) is 0.462. The monoisotopic (exact) mass is 219 g/mol. The maximum absolute atomic E-state index is 5.59. The van der Waals surface area contributed by atoms with Crippen molar-refractivity contribution >= 4 is 5.69 Å². The zero-order chi connectivity index (χ0) is 12.0. The smallest absolute Gasteiger partial charge is 0.0501 e. The Hall–Kier alpha value is -1.35. The normalized spacial score (nSPS) is 10.7. The molecule has 3 nitrogen and oxygen atoms in total. The molecule has 0 aliphatic rings. The first kappa shape index (κ1) is 12.7. The highest BCUT2D eigenvalue weighted by Gasteiger charge is 2.03. The predicted molar refractivity (Wildman–Crippen MR) is 69.3 cm³/mol. The van der Waals surface area contributed by atoms with E-state index in [0.717, 1.165) is 37.4 Å². The first-order chi connectivity index (χ1) is 7.61. The Morgan fingerprint density at radius 3 is 2.75 bits per heavy atom. The summed E-state index contributed by atoms with van der Waals surface area (Å²) in [6.45, 7) is 11.2. The Kier molecular flexibility index (Phi) is 4.99. The molecule has 0 aliphatic carbocycles. The molecular formula is C13H21N3. The molecule has 2 N–H and O–H groups in total. The Morgan fingerprint density at radius 2 is 2.25 bits per heavy atom. The van der Waals surface area contributed by atoms with E-state index in [1.54, 1.807) is 6.20 Å². The van der Waals surface area contributed by atoms with Crippen molar-refractivity contribution in [1.29, 1.82) is 0 Å². The molecule has 1 heterocycles. The van der Waals surface area contributed by atoms with Gasteiger partial charge in [0.2, 0.25) is 0 Å². The average Bonchev–Trinajstić information content (AvgIpc) is 2.26. The molecule has 0 aromatic carbocycles. The van der Waals surface area contributed by atoms with Crippen molar-refractivity contribution in [2.45, 2.75) is 20.3 Å². The van der Waals surface area contributed by atoms with Crippen molar-refractivity contribution in [3.05, 3.63) is 36.2 Å².